The highest BCUT2D eigenvalue weighted by molar-refractivity contribution is 6.07. The van der Waals surface area contributed by atoms with Crippen LogP contribution in [-0.4, -0.2) is 50.9 Å². The van der Waals surface area contributed by atoms with Crippen LogP contribution in [0.4, 0.5) is 19.1 Å². The van der Waals surface area contributed by atoms with Crippen LogP contribution in [0.25, 0.3) is 33.3 Å². The molecule has 0 bridgehead atoms. The van der Waals surface area contributed by atoms with E-state index in [1.807, 2.05) is 24.3 Å². The van der Waals surface area contributed by atoms with Gasteiger partial charge in [-0.3, -0.25) is 4.98 Å². The van der Waals surface area contributed by atoms with Crippen molar-refractivity contribution in [3.05, 3.63) is 71.9 Å². The number of nitrogens with one attached hydrogen (secondary N) is 1. The first kappa shape index (κ1) is 24.0. The van der Waals surface area contributed by atoms with E-state index in [0.717, 1.165) is 53.5 Å². The van der Waals surface area contributed by atoms with Gasteiger partial charge in [-0.25, -0.2) is 9.89 Å². The average molecular weight is 521 g/mol. The molecule has 0 amide bonds. The molecule has 0 radical (unpaired) electrons. The number of alkyl halides is 3. The van der Waals surface area contributed by atoms with E-state index in [1.54, 1.807) is 12.3 Å². The van der Waals surface area contributed by atoms with Gasteiger partial charge < -0.3 is 14.2 Å². The number of carbonyl (C=O) groups is 1. The minimum atomic E-state index is -4.40. The molecule has 1 N–H and O–H groups in total. The Morgan fingerprint density at radius 3 is 2.68 bits per heavy atom. The molecular formula is C27H23F3N6O2. The number of benzene rings is 2. The second-order valence-corrected chi connectivity index (χ2v) is 9.26. The quantitative estimate of drug-likeness (QED) is 0.310. The van der Waals surface area contributed by atoms with Crippen molar-refractivity contribution in [1.29, 1.82) is 0 Å². The summed E-state index contributed by atoms with van der Waals surface area (Å²) in [5.41, 5.74) is 2.98. The molecule has 1 fully saturated rings. The first-order valence-corrected chi connectivity index (χ1v) is 12.2. The van der Waals surface area contributed by atoms with E-state index in [-0.39, 0.29) is 6.04 Å². The van der Waals surface area contributed by atoms with E-state index in [2.05, 4.69) is 29.6 Å². The fraction of sp³-hybridized carbons (Fsp3) is 0.259. The van der Waals surface area contributed by atoms with Crippen molar-refractivity contribution in [1.82, 2.24) is 24.7 Å². The van der Waals surface area contributed by atoms with Gasteiger partial charge in [0.05, 0.1) is 40.8 Å². The minimum Gasteiger partial charge on any atom is -0.465 e. The highest BCUT2D eigenvalue weighted by atomic mass is 19.4. The maximum atomic E-state index is 12.9. The molecule has 0 aliphatic carbocycles. The Morgan fingerprint density at radius 2 is 1.92 bits per heavy atom. The summed E-state index contributed by atoms with van der Waals surface area (Å²) in [7, 11) is 1.36. The van der Waals surface area contributed by atoms with E-state index in [0.29, 0.717) is 29.4 Å². The van der Waals surface area contributed by atoms with Crippen LogP contribution < -0.4 is 4.90 Å². The summed E-state index contributed by atoms with van der Waals surface area (Å²) in [4.78, 5) is 23.5. The number of carbonyl (C=O) groups excluding carboxylic acids is 1. The van der Waals surface area contributed by atoms with Crippen molar-refractivity contribution in [2.45, 2.75) is 25.1 Å². The van der Waals surface area contributed by atoms with Crippen LogP contribution in [0, 0.1) is 0 Å². The highest BCUT2D eigenvalue weighted by Crippen LogP contribution is 2.36. The van der Waals surface area contributed by atoms with E-state index in [9.17, 15) is 18.0 Å². The number of methoxy groups -OCH3 is 1. The zero-order chi connectivity index (χ0) is 26.4. The molecule has 11 heteroatoms. The first-order chi connectivity index (χ1) is 18.3. The van der Waals surface area contributed by atoms with Crippen molar-refractivity contribution in [3.8, 4) is 11.4 Å². The smallest absolute Gasteiger partial charge is 0.416 e. The second kappa shape index (κ2) is 9.16. The number of halogens is 3. The molecule has 3 aromatic heterocycles. The molecule has 1 aliphatic heterocycles. The number of hydrogen-bond acceptors (Lipinski definition) is 6. The molecule has 194 valence electrons. The maximum absolute atomic E-state index is 12.9. The summed E-state index contributed by atoms with van der Waals surface area (Å²) in [5.74, 6) is 0.484. The highest BCUT2D eigenvalue weighted by Gasteiger charge is 2.30. The van der Waals surface area contributed by atoms with Gasteiger partial charge in [0.25, 0.3) is 0 Å². The Bertz CT molecular complexity index is 1640. The predicted molar refractivity (Wildman–Crippen MR) is 136 cm³/mol. The molecule has 0 spiro atoms. The van der Waals surface area contributed by atoms with E-state index in [4.69, 9.17) is 4.74 Å². The number of aromatic amines is 1. The summed E-state index contributed by atoms with van der Waals surface area (Å²) in [6.45, 7) is 1.37. The summed E-state index contributed by atoms with van der Waals surface area (Å²) in [5, 5.41) is 8.16. The van der Waals surface area contributed by atoms with E-state index < -0.39 is 17.7 Å². The summed E-state index contributed by atoms with van der Waals surface area (Å²) in [6, 6.07) is 14.3. The summed E-state index contributed by atoms with van der Waals surface area (Å²) >= 11 is 0. The molecule has 2 aromatic carbocycles. The largest absolute Gasteiger partial charge is 0.465 e. The summed E-state index contributed by atoms with van der Waals surface area (Å²) < 4.78 is 45.9. The van der Waals surface area contributed by atoms with E-state index in [1.165, 1.54) is 19.2 Å². The molecule has 8 nitrogen and oxygen atoms in total. The van der Waals surface area contributed by atoms with E-state index >= 15 is 0 Å². The van der Waals surface area contributed by atoms with Gasteiger partial charge in [-0.05, 0) is 55.3 Å². The Labute approximate surface area is 215 Å². The van der Waals surface area contributed by atoms with Crippen LogP contribution in [0.15, 0.2) is 60.8 Å². The fourth-order valence-electron chi connectivity index (χ4n) is 5.19. The number of hydrogen-bond donors (Lipinski definition) is 1. The number of esters is 1. The molecule has 1 atom stereocenters. The maximum Gasteiger partial charge on any atom is 0.416 e. The number of H-pyrrole nitrogens is 1. The molecule has 4 heterocycles. The molecule has 5 aromatic rings. The number of pyridine rings is 1. The zero-order valence-corrected chi connectivity index (χ0v) is 20.4. The lowest BCUT2D eigenvalue weighted by Crippen LogP contribution is -2.37. The third-order valence-electron chi connectivity index (χ3n) is 6.98. The molecular weight excluding hydrogens is 497 g/mol. The number of nitrogens with zero attached hydrogens (tertiary/aromatic N) is 5. The number of fused-ring (bicyclic) bond motifs is 3. The average Bonchev–Trinajstić information content (AvgIpc) is 3.55. The van der Waals surface area contributed by atoms with Gasteiger partial charge in [0, 0.05) is 30.2 Å². The SMILES string of the molecule is COC(=O)c1ccc2c3ncccc3n(C3CCCN(c4nc(-c5ccc(C(F)(F)F)cc5)n[nH]4)C3)c2c1. The van der Waals surface area contributed by atoms with Crippen molar-refractivity contribution in [2.75, 3.05) is 25.1 Å². The van der Waals surface area contributed by atoms with Gasteiger partial charge in [-0.2, -0.15) is 23.3 Å². The van der Waals surface area contributed by atoms with Crippen molar-refractivity contribution >= 4 is 33.9 Å². The van der Waals surface area contributed by atoms with Crippen molar-refractivity contribution in [3.63, 3.8) is 0 Å². The van der Waals surface area contributed by atoms with Crippen LogP contribution in [0.5, 0.6) is 0 Å². The number of anilines is 1. The minimum absolute atomic E-state index is 0.0560. The van der Waals surface area contributed by atoms with Gasteiger partial charge in [0.2, 0.25) is 5.95 Å². The third-order valence-corrected chi connectivity index (χ3v) is 6.98. The first-order valence-electron chi connectivity index (χ1n) is 12.2. The Morgan fingerprint density at radius 1 is 1.11 bits per heavy atom. The second-order valence-electron chi connectivity index (χ2n) is 9.26. The van der Waals surface area contributed by atoms with Crippen LogP contribution in [-0.2, 0) is 10.9 Å². The molecule has 1 saturated heterocycles. The molecule has 1 aliphatic rings. The van der Waals surface area contributed by atoms with Crippen molar-refractivity contribution in [2.24, 2.45) is 0 Å². The van der Waals surface area contributed by atoms with Crippen LogP contribution in [0.3, 0.4) is 0 Å². The zero-order valence-electron chi connectivity index (χ0n) is 20.4. The topological polar surface area (TPSA) is 88.9 Å². The lowest BCUT2D eigenvalue weighted by molar-refractivity contribution is -0.137. The van der Waals surface area contributed by atoms with Crippen molar-refractivity contribution < 1.29 is 22.7 Å². The molecule has 0 saturated carbocycles. The Hall–Kier alpha value is -4.41. The number of piperidine rings is 1. The lowest BCUT2D eigenvalue weighted by Gasteiger charge is -2.34. The number of ether oxygens (including phenoxy) is 1. The monoisotopic (exact) mass is 520 g/mol. The predicted octanol–water partition coefficient (Wildman–Crippen LogP) is 5.62. The van der Waals surface area contributed by atoms with Gasteiger partial charge in [-0.15, -0.1) is 0 Å². The van der Waals surface area contributed by atoms with Crippen LogP contribution >= 0.6 is 0 Å². The summed E-state index contributed by atoms with van der Waals surface area (Å²) in [6.07, 6.45) is -0.845. The number of aromatic nitrogens is 5. The number of rotatable bonds is 4. The lowest BCUT2D eigenvalue weighted by atomic mass is 10.1. The standard InChI is InChI=1S/C27H23F3N6O2/c1-38-25(37)17-8-11-20-22(14-17)36(21-5-2-12-31-23(20)21)19-4-3-13-35(15-19)26-32-24(33-34-26)16-6-9-18(10-7-16)27(28,29)30/h2,5-12,14,19H,3-4,13,15H2,1H3,(H,32,33,34). The van der Waals surface area contributed by atoms with Crippen LogP contribution in [0.1, 0.15) is 34.8 Å². The van der Waals surface area contributed by atoms with Gasteiger partial charge in [-0.1, -0.05) is 12.1 Å². The van der Waals surface area contributed by atoms with Gasteiger partial charge in [0.1, 0.15) is 0 Å². The molecule has 38 heavy (non-hydrogen) atoms. The van der Waals surface area contributed by atoms with Crippen LogP contribution in [0.2, 0.25) is 0 Å². The fourth-order valence-corrected chi connectivity index (χ4v) is 5.19. The Balaban J connectivity index is 1.33. The molecule has 1 unspecified atom stereocenters. The van der Waals surface area contributed by atoms with Gasteiger partial charge >= 0.3 is 12.1 Å². The normalized spacial score (nSPS) is 16.3. The van der Waals surface area contributed by atoms with Gasteiger partial charge in [0.15, 0.2) is 5.82 Å². The molecule has 6 rings (SSSR count). The Kier molecular flexibility index (Phi) is 5.77. The third kappa shape index (κ3) is 4.13.